The number of aromatic nitrogens is 2. The third-order valence-electron chi connectivity index (χ3n) is 4.73. The van der Waals surface area contributed by atoms with Crippen molar-refractivity contribution >= 4 is 44.5 Å². The second-order valence-electron chi connectivity index (χ2n) is 7.05. The zero-order valence-corrected chi connectivity index (χ0v) is 18.2. The topological polar surface area (TPSA) is 49.9 Å². The monoisotopic (exact) mass is 469 g/mol. The van der Waals surface area contributed by atoms with Crippen LogP contribution in [0.1, 0.15) is 12.5 Å². The lowest BCUT2D eigenvalue weighted by Gasteiger charge is -2.26. The third kappa shape index (κ3) is 5.11. The Morgan fingerprint density at radius 1 is 1.03 bits per heavy atom. The van der Waals surface area contributed by atoms with E-state index in [9.17, 15) is 0 Å². The summed E-state index contributed by atoms with van der Waals surface area (Å²) in [6, 6.07) is 23.7. The quantitative estimate of drug-likeness (QED) is 0.296. The fourth-order valence-corrected chi connectivity index (χ4v) is 3.59. The van der Waals surface area contributed by atoms with Gasteiger partial charge < -0.3 is 15.0 Å². The van der Waals surface area contributed by atoms with Gasteiger partial charge in [0.15, 0.2) is 6.23 Å². The molecule has 4 nitrogen and oxygen atoms in total. The van der Waals surface area contributed by atoms with Crippen molar-refractivity contribution in [3.8, 4) is 5.75 Å². The van der Waals surface area contributed by atoms with E-state index in [1.165, 1.54) is 5.56 Å². The molecule has 0 spiro atoms. The minimum atomic E-state index is -0.277. The SMILES string of the molecule is CC(Cc1ccc(Br)cc1)C(Nc1nc2ccccc2[nH]1)Oc1ccc(Cl)cc1. The number of aromatic amines is 1. The molecule has 0 saturated carbocycles. The molecular weight excluding hydrogens is 450 g/mol. The Morgan fingerprint density at radius 2 is 1.76 bits per heavy atom. The van der Waals surface area contributed by atoms with Crippen molar-refractivity contribution in [1.29, 1.82) is 0 Å². The molecule has 4 aromatic rings. The molecule has 0 saturated heterocycles. The fraction of sp³-hybridized carbons (Fsp3) is 0.174. The summed E-state index contributed by atoms with van der Waals surface area (Å²) < 4.78 is 7.36. The van der Waals surface area contributed by atoms with Crippen LogP contribution in [0.15, 0.2) is 77.3 Å². The lowest BCUT2D eigenvalue weighted by atomic mass is 9.99. The van der Waals surface area contributed by atoms with Crippen LogP contribution in [0.5, 0.6) is 5.75 Å². The first-order valence-corrected chi connectivity index (χ1v) is 10.6. The van der Waals surface area contributed by atoms with Gasteiger partial charge in [-0.3, -0.25) is 0 Å². The predicted molar refractivity (Wildman–Crippen MR) is 123 cm³/mol. The van der Waals surface area contributed by atoms with Crippen LogP contribution >= 0.6 is 27.5 Å². The summed E-state index contributed by atoms with van der Waals surface area (Å²) >= 11 is 9.51. The van der Waals surface area contributed by atoms with Gasteiger partial charge in [-0.1, -0.05) is 58.7 Å². The summed E-state index contributed by atoms with van der Waals surface area (Å²) in [7, 11) is 0. The maximum Gasteiger partial charge on any atom is 0.204 e. The second-order valence-corrected chi connectivity index (χ2v) is 8.40. The first-order chi connectivity index (χ1) is 14.1. The number of nitrogens with zero attached hydrogens (tertiary/aromatic N) is 1. The van der Waals surface area contributed by atoms with E-state index in [-0.39, 0.29) is 12.1 Å². The van der Waals surface area contributed by atoms with Gasteiger partial charge in [0.2, 0.25) is 5.95 Å². The van der Waals surface area contributed by atoms with Gasteiger partial charge in [-0.05, 0) is 60.5 Å². The zero-order chi connectivity index (χ0) is 20.2. The van der Waals surface area contributed by atoms with E-state index in [1.54, 1.807) is 0 Å². The van der Waals surface area contributed by atoms with Crippen molar-refractivity contribution in [3.05, 3.63) is 87.9 Å². The van der Waals surface area contributed by atoms with Crippen molar-refractivity contribution in [2.45, 2.75) is 19.6 Å². The van der Waals surface area contributed by atoms with Gasteiger partial charge in [0.1, 0.15) is 5.75 Å². The van der Waals surface area contributed by atoms with E-state index in [0.29, 0.717) is 11.0 Å². The largest absolute Gasteiger partial charge is 0.470 e. The van der Waals surface area contributed by atoms with E-state index in [2.05, 4.69) is 62.4 Å². The lowest BCUT2D eigenvalue weighted by molar-refractivity contribution is 0.168. The maximum atomic E-state index is 6.29. The molecular formula is C23H21BrClN3O. The second kappa shape index (κ2) is 8.89. The molecule has 0 aliphatic heterocycles. The Kier molecular flexibility index (Phi) is 6.07. The highest BCUT2D eigenvalue weighted by Gasteiger charge is 2.21. The Labute approximate surface area is 183 Å². The number of anilines is 1. The van der Waals surface area contributed by atoms with E-state index in [0.717, 1.165) is 27.7 Å². The molecule has 6 heteroatoms. The molecule has 1 heterocycles. The van der Waals surface area contributed by atoms with Crippen molar-refractivity contribution in [1.82, 2.24) is 9.97 Å². The number of para-hydroxylation sites is 2. The van der Waals surface area contributed by atoms with Crippen LogP contribution in [-0.2, 0) is 6.42 Å². The van der Waals surface area contributed by atoms with Crippen LogP contribution in [0, 0.1) is 5.92 Å². The van der Waals surface area contributed by atoms with E-state index >= 15 is 0 Å². The molecule has 3 aromatic carbocycles. The van der Waals surface area contributed by atoms with Gasteiger partial charge in [0.25, 0.3) is 0 Å². The molecule has 2 atom stereocenters. The Bertz CT molecular complexity index is 1050. The van der Waals surface area contributed by atoms with Crippen LogP contribution in [0.25, 0.3) is 11.0 Å². The van der Waals surface area contributed by atoms with Crippen LogP contribution in [0.2, 0.25) is 5.02 Å². The maximum absolute atomic E-state index is 6.29. The first-order valence-electron chi connectivity index (χ1n) is 9.45. The van der Waals surface area contributed by atoms with Gasteiger partial charge in [-0.2, -0.15) is 0 Å². The van der Waals surface area contributed by atoms with Crippen LogP contribution in [0.3, 0.4) is 0 Å². The summed E-state index contributed by atoms with van der Waals surface area (Å²) in [6.07, 6.45) is 0.582. The molecule has 0 bridgehead atoms. The number of benzene rings is 3. The van der Waals surface area contributed by atoms with Crippen molar-refractivity contribution in [3.63, 3.8) is 0 Å². The number of ether oxygens (including phenoxy) is 1. The van der Waals surface area contributed by atoms with Gasteiger partial charge in [-0.25, -0.2) is 4.98 Å². The molecule has 2 N–H and O–H groups in total. The number of imidazole rings is 1. The van der Waals surface area contributed by atoms with Crippen LogP contribution < -0.4 is 10.1 Å². The average molecular weight is 471 g/mol. The molecule has 148 valence electrons. The molecule has 0 amide bonds. The van der Waals surface area contributed by atoms with Crippen molar-refractivity contribution in [2.75, 3.05) is 5.32 Å². The number of rotatable bonds is 7. The minimum Gasteiger partial charge on any atom is -0.470 e. The van der Waals surface area contributed by atoms with E-state index < -0.39 is 0 Å². The molecule has 2 unspecified atom stereocenters. The van der Waals surface area contributed by atoms with Crippen LogP contribution in [0.4, 0.5) is 5.95 Å². The fourth-order valence-electron chi connectivity index (χ4n) is 3.20. The third-order valence-corrected chi connectivity index (χ3v) is 5.51. The zero-order valence-electron chi connectivity index (χ0n) is 15.9. The Balaban J connectivity index is 1.56. The molecule has 0 fully saturated rings. The standard InChI is InChI=1S/C23H21BrClN3O/c1-15(14-16-6-8-17(24)9-7-16)22(29-19-12-10-18(25)11-13-19)28-23-26-20-4-2-3-5-21(20)27-23/h2-13,15,22H,14H2,1H3,(H2,26,27,28). The van der Waals surface area contributed by atoms with Gasteiger partial charge in [-0.15, -0.1) is 0 Å². The van der Waals surface area contributed by atoms with E-state index in [1.807, 2.05) is 48.5 Å². The molecule has 29 heavy (non-hydrogen) atoms. The molecule has 0 radical (unpaired) electrons. The van der Waals surface area contributed by atoms with Crippen LogP contribution in [-0.4, -0.2) is 16.2 Å². The summed E-state index contributed by atoms with van der Waals surface area (Å²) in [5, 5.41) is 4.11. The highest BCUT2D eigenvalue weighted by atomic mass is 79.9. The normalized spacial score (nSPS) is 13.2. The average Bonchev–Trinajstić information content (AvgIpc) is 3.13. The number of halogens is 2. The Hall–Kier alpha value is -2.50. The number of nitrogens with one attached hydrogen (secondary N) is 2. The predicted octanol–water partition coefficient (Wildman–Crippen LogP) is 6.67. The minimum absolute atomic E-state index is 0.181. The summed E-state index contributed by atoms with van der Waals surface area (Å²) in [5.74, 6) is 1.62. The van der Waals surface area contributed by atoms with Gasteiger partial charge >= 0.3 is 0 Å². The molecule has 1 aromatic heterocycles. The Morgan fingerprint density at radius 3 is 2.48 bits per heavy atom. The molecule has 0 aliphatic carbocycles. The number of fused-ring (bicyclic) bond motifs is 1. The number of H-pyrrole nitrogens is 1. The summed E-state index contributed by atoms with van der Waals surface area (Å²) in [5.41, 5.74) is 3.15. The van der Waals surface area contributed by atoms with Gasteiger partial charge in [0.05, 0.1) is 11.0 Å². The molecule has 4 rings (SSSR count). The van der Waals surface area contributed by atoms with Crippen molar-refractivity contribution in [2.24, 2.45) is 5.92 Å². The highest BCUT2D eigenvalue weighted by molar-refractivity contribution is 9.10. The van der Waals surface area contributed by atoms with Crippen molar-refractivity contribution < 1.29 is 4.74 Å². The first kappa shape index (κ1) is 19.8. The molecule has 0 aliphatic rings. The van der Waals surface area contributed by atoms with Gasteiger partial charge in [0, 0.05) is 15.4 Å². The summed E-state index contributed by atoms with van der Waals surface area (Å²) in [6.45, 7) is 2.16. The summed E-state index contributed by atoms with van der Waals surface area (Å²) in [4.78, 5) is 7.95. The highest BCUT2D eigenvalue weighted by Crippen LogP contribution is 2.23. The van der Waals surface area contributed by atoms with E-state index in [4.69, 9.17) is 16.3 Å². The number of hydrogen-bond acceptors (Lipinski definition) is 3. The lowest BCUT2D eigenvalue weighted by Crippen LogP contribution is -2.35. The number of hydrogen-bond donors (Lipinski definition) is 2. The smallest absolute Gasteiger partial charge is 0.204 e.